The van der Waals surface area contributed by atoms with E-state index in [0.717, 1.165) is 16.9 Å². The summed E-state index contributed by atoms with van der Waals surface area (Å²) in [6, 6.07) is 8.14. The third kappa shape index (κ3) is 1.21. The first kappa shape index (κ1) is 8.00. The van der Waals surface area contributed by atoms with Crippen molar-refractivity contribution in [3.05, 3.63) is 30.1 Å². The molecule has 0 spiro atoms. The fourth-order valence-corrected chi connectivity index (χ4v) is 1.81. The summed E-state index contributed by atoms with van der Waals surface area (Å²) in [6.07, 6.45) is 2.50. The highest BCUT2D eigenvalue weighted by Crippen LogP contribution is 2.38. The zero-order valence-corrected chi connectivity index (χ0v) is 7.90. The number of H-pyrrole nitrogens is 1. The van der Waals surface area contributed by atoms with Gasteiger partial charge in [-0.3, -0.25) is 0 Å². The molecule has 1 aromatic heterocycles. The maximum absolute atomic E-state index is 6.07. The van der Waals surface area contributed by atoms with E-state index in [0.29, 0.717) is 5.92 Å². The van der Waals surface area contributed by atoms with Gasteiger partial charge in [-0.25, -0.2) is 4.98 Å². The number of aromatic amines is 1. The molecule has 1 heterocycles. The van der Waals surface area contributed by atoms with E-state index < -0.39 is 0 Å². The summed E-state index contributed by atoms with van der Waals surface area (Å²) >= 11 is 0. The number of hydrogen-bond donors (Lipinski definition) is 2. The van der Waals surface area contributed by atoms with Gasteiger partial charge in [-0.2, -0.15) is 0 Å². The first-order valence-electron chi connectivity index (χ1n) is 5.05. The van der Waals surface area contributed by atoms with Crippen LogP contribution >= 0.6 is 0 Å². The third-order valence-electron chi connectivity index (χ3n) is 2.85. The number of aromatic nitrogens is 2. The Bertz CT molecular complexity index is 423. The molecule has 0 saturated heterocycles. The molecular formula is C11H13N3. The highest BCUT2D eigenvalue weighted by molar-refractivity contribution is 5.74. The lowest BCUT2D eigenvalue weighted by atomic mass is 10.2. The van der Waals surface area contributed by atoms with Crippen molar-refractivity contribution in [2.24, 2.45) is 11.7 Å². The number of hydrogen-bond acceptors (Lipinski definition) is 2. The van der Waals surface area contributed by atoms with Gasteiger partial charge in [-0.15, -0.1) is 0 Å². The molecule has 0 radical (unpaired) electrons. The summed E-state index contributed by atoms with van der Waals surface area (Å²) in [5.74, 6) is 1.59. The largest absolute Gasteiger partial charge is 0.341 e. The van der Waals surface area contributed by atoms with E-state index in [1.54, 1.807) is 0 Å². The molecule has 1 atom stereocenters. The maximum Gasteiger partial charge on any atom is 0.124 e. The van der Waals surface area contributed by atoms with E-state index in [9.17, 15) is 0 Å². The van der Waals surface area contributed by atoms with E-state index in [2.05, 4.69) is 9.97 Å². The van der Waals surface area contributed by atoms with Crippen molar-refractivity contribution >= 4 is 11.0 Å². The van der Waals surface area contributed by atoms with Gasteiger partial charge in [-0.1, -0.05) is 12.1 Å². The van der Waals surface area contributed by atoms with Crippen molar-refractivity contribution in [3.8, 4) is 0 Å². The number of benzene rings is 1. The van der Waals surface area contributed by atoms with Gasteiger partial charge in [0.15, 0.2) is 0 Å². The van der Waals surface area contributed by atoms with E-state index in [-0.39, 0.29) is 6.04 Å². The van der Waals surface area contributed by atoms with Crippen molar-refractivity contribution in [2.45, 2.75) is 18.9 Å². The molecule has 0 amide bonds. The number of nitrogens with zero attached hydrogens (tertiary/aromatic N) is 1. The fraction of sp³-hybridized carbons (Fsp3) is 0.364. The average molecular weight is 187 g/mol. The number of nitrogens with one attached hydrogen (secondary N) is 1. The molecule has 3 heteroatoms. The smallest absolute Gasteiger partial charge is 0.124 e. The second-order valence-corrected chi connectivity index (χ2v) is 4.00. The molecule has 2 aromatic rings. The Morgan fingerprint density at radius 1 is 1.36 bits per heavy atom. The molecule has 1 aliphatic carbocycles. The lowest BCUT2D eigenvalue weighted by Gasteiger charge is -2.04. The Morgan fingerprint density at radius 2 is 2.14 bits per heavy atom. The molecule has 1 aliphatic rings. The molecule has 3 N–H and O–H groups in total. The highest BCUT2D eigenvalue weighted by Gasteiger charge is 2.31. The van der Waals surface area contributed by atoms with Crippen LogP contribution in [-0.4, -0.2) is 9.97 Å². The van der Waals surface area contributed by atoms with Crippen LogP contribution in [0.5, 0.6) is 0 Å². The second-order valence-electron chi connectivity index (χ2n) is 4.00. The summed E-state index contributed by atoms with van der Waals surface area (Å²) in [5, 5.41) is 0. The number of imidazole rings is 1. The number of nitrogens with two attached hydrogens (primary N) is 1. The molecule has 0 bridgehead atoms. The third-order valence-corrected chi connectivity index (χ3v) is 2.85. The SMILES string of the molecule is NC(c1nc2ccccc2[nH]1)C1CC1. The average Bonchev–Trinajstić information content (AvgIpc) is 2.95. The molecule has 0 aliphatic heterocycles. The highest BCUT2D eigenvalue weighted by atomic mass is 15.0. The standard InChI is InChI=1S/C11H13N3/c12-10(7-5-6-7)11-13-8-3-1-2-4-9(8)14-11/h1-4,7,10H,5-6,12H2,(H,13,14). The Kier molecular flexibility index (Phi) is 1.61. The van der Waals surface area contributed by atoms with Crippen LogP contribution in [0.25, 0.3) is 11.0 Å². The van der Waals surface area contributed by atoms with E-state index >= 15 is 0 Å². The summed E-state index contributed by atoms with van der Waals surface area (Å²) in [6.45, 7) is 0. The Hall–Kier alpha value is -1.35. The predicted octanol–water partition coefficient (Wildman–Crippen LogP) is 1.97. The van der Waals surface area contributed by atoms with Crippen molar-refractivity contribution in [2.75, 3.05) is 0 Å². The van der Waals surface area contributed by atoms with Crippen LogP contribution in [0, 0.1) is 5.92 Å². The topological polar surface area (TPSA) is 54.7 Å². The summed E-state index contributed by atoms with van der Waals surface area (Å²) in [5.41, 5.74) is 8.17. The molecular weight excluding hydrogens is 174 g/mol. The zero-order valence-electron chi connectivity index (χ0n) is 7.90. The maximum atomic E-state index is 6.07. The zero-order chi connectivity index (χ0) is 9.54. The van der Waals surface area contributed by atoms with Gasteiger partial charge >= 0.3 is 0 Å². The van der Waals surface area contributed by atoms with E-state index in [1.807, 2.05) is 24.3 Å². The summed E-state index contributed by atoms with van der Waals surface area (Å²) in [4.78, 5) is 7.77. The van der Waals surface area contributed by atoms with Crippen LogP contribution in [0.3, 0.4) is 0 Å². The van der Waals surface area contributed by atoms with E-state index in [4.69, 9.17) is 5.73 Å². The van der Waals surface area contributed by atoms with Crippen LogP contribution < -0.4 is 5.73 Å². The first-order chi connectivity index (χ1) is 6.84. The minimum absolute atomic E-state index is 0.0994. The molecule has 72 valence electrons. The fourth-order valence-electron chi connectivity index (χ4n) is 1.81. The Labute approximate surface area is 82.3 Å². The number of rotatable bonds is 2. The molecule has 3 rings (SSSR count). The van der Waals surface area contributed by atoms with Crippen molar-refractivity contribution < 1.29 is 0 Å². The van der Waals surface area contributed by atoms with Gasteiger partial charge in [0.2, 0.25) is 0 Å². The quantitative estimate of drug-likeness (QED) is 0.755. The molecule has 1 fully saturated rings. The molecule has 1 aromatic carbocycles. The van der Waals surface area contributed by atoms with E-state index in [1.165, 1.54) is 12.8 Å². The van der Waals surface area contributed by atoms with Gasteiger partial charge < -0.3 is 10.7 Å². The normalized spacial score (nSPS) is 18.6. The number of fused-ring (bicyclic) bond motifs is 1. The van der Waals surface area contributed by atoms with Crippen molar-refractivity contribution in [1.29, 1.82) is 0 Å². The molecule has 1 saturated carbocycles. The molecule has 14 heavy (non-hydrogen) atoms. The van der Waals surface area contributed by atoms with Crippen molar-refractivity contribution in [3.63, 3.8) is 0 Å². The lowest BCUT2D eigenvalue weighted by molar-refractivity contribution is 0.602. The van der Waals surface area contributed by atoms with Crippen LogP contribution in [0.15, 0.2) is 24.3 Å². The second kappa shape index (κ2) is 2.82. The van der Waals surface area contributed by atoms with Gasteiger partial charge in [0.05, 0.1) is 17.1 Å². The van der Waals surface area contributed by atoms with Crippen LogP contribution in [0.2, 0.25) is 0 Å². The minimum Gasteiger partial charge on any atom is -0.341 e. The molecule has 1 unspecified atom stereocenters. The minimum atomic E-state index is 0.0994. The first-order valence-corrected chi connectivity index (χ1v) is 5.05. The van der Waals surface area contributed by atoms with Gasteiger partial charge in [0, 0.05) is 0 Å². The van der Waals surface area contributed by atoms with Crippen LogP contribution in [0.1, 0.15) is 24.7 Å². The monoisotopic (exact) mass is 187 g/mol. The van der Waals surface area contributed by atoms with Gasteiger partial charge in [0.1, 0.15) is 5.82 Å². The van der Waals surface area contributed by atoms with Crippen LogP contribution in [0.4, 0.5) is 0 Å². The van der Waals surface area contributed by atoms with Gasteiger partial charge in [0.25, 0.3) is 0 Å². The Morgan fingerprint density at radius 3 is 2.86 bits per heavy atom. The summed E-state index contributed by atoms with van der Waals surface area (Å²) < 4.78 is 0. The number of para-hydroxylation sites is 2. The predicted molar refractivity (Wildman–Crippen MR) is 55.7 cm³/mol. The molecule has 3 nitrogen and oxygen atoms in total. The lowest BCUT2D eigenvalue weighted by Crippen LogP contribution is -2.13. The summed E-state index contributed by atoms with van der Waals surface area (Å²) in [7, 11) is 0. The van der Waals surface area contributed by atoms with Crippen LogP contribution in [-0.2, 0) is 0 Å². The van der Waals surface area contributed by atoms with Crippen molar-refractivity contribution in [1.82, 2.24) is 9.97 Å². The Balaban J connectivity index is 2.04. The van der Waals surface area contributed by atoms with Gasteiger partial charge in [-0.05, 0) is 30.9 Å².